The van der Waals surface area contributed by atoms with Crippen LogP contribution in [0.25, 0.3) is 0 Å². The number of sulfonamides is 1. The van der Waals surface area contributed by atoms with Gasteiger partial charge in [-0.1, -0.05) is 19.8 Å². The number of nitrogens with two attached hydrogens (primary N) is 1. The molecule has 0 aliphatic heterocycles. The van der Waals surface area contributed by atoms with Crippen LogP contribution in [0, 0.1) is 6.92 Å². The van der Waals surface area contributed by atoms with Crippen LogP contribution in [0.3, 0.4) is 0 Å². The van der Waals surface area contributed by atoms with Gasteiger partial charge in [-0.2, -0.15) is 0 Å². The lowest BCUT2D eigenvalue weighted by Crippen LogP contribution is -2.24. The lowest BCUT2D eigenvalue weighted by Gasteiger charge is -2.04. The number of hydrogen-bond donors (Lipinski definition) is 2. The van der Waals surface area contributed by atoms with Gasteiger partial charge in [0, 0.05) is 12.6 Å². The zero-order valence-electron chi connectivity index (χ0n) is 10.3. The minimum Gasteiger partial charge on any atom is -0.464 e. The van der Waals surface area contributed by atoms with Gasteiger partial charge in [0.15, 0.2) is 0 Å². The number of unbranched alkanes of at least 4 members (excludes halogenated alkanes) is 2. The summed E-state index contributed by atoms with van der Waals surface area (Å²) in [4.78, 5) is 0.189. The van der Waals surface area contributed by atoms with Crippen molar-refractivity contribution in [3.05, 3.63) is 17.6 Å². The molecule has 0 atom stereocenters. The Morgan fingerprint density at radius 1 is 1.41 bits per heavy atom. The molecule has 0 aliphatic rings. The Morgan fingerprint density at radius 2 is 2.12 bits per heavy atom. The Morgan fingerprint density at radius 3 is 2.65 bits per heavy atom. The first-order chi connectivity index (χ1) is 8.01. The van der Waals surface area contributed by atoms with E-state index in [1.54, 1.807) is 6.92 Å². The van der Waals surface area contributed by atoms with Gasteiger partial charge in [0.25, 0.3) is 0 Å². The Balaban J connectivity index is 2.72. The Kier molecular flexibility index (Phi) is 5.17. The summed E-state index contributed by atoms with van der Waals surface area (Å²) < 4.78 is 31.7. The Labute approximate surface area is 102 Å². The Bertz CT molecular complexity index is 451. The standard InChI is InChI=1S/C11H20N2O3S/c1-3-4-5-6-13-17(14,15)11-7-10(8-12)16-9(11)2/h7,13H,3-6,8,12H2,1-2H3. The third-order valence-corrected chi connectivity index (χ3v) is 4.05. The van der Waals surface area contributed by atoms with Crippen molar-refractivity contribution in [3.8, 4) is 0 Å². The van der Waals surface area contributed by atoms with Crippen LogP contribution in [0.4, 0.5) is 0 Å². The predicted octanol–water partition coefficient (Wildman–Crippen LogP) is 1.52. The monoisotopic (exact) mass is 260 g/mol. The molecule has 0 fully saturated rings. The van der Waals surface area contributed by atoms with Crippen molar-refractivity contribution in [2.24, 2.45) is 5.73 Å². The summed E-state index contributed by atoms with van der Waals surface area (Å²) >= 11 is 0. The maximum Gasteiger partial charge on any atom is 0.244 e. The molecular weight excluding hydrogens is 240 g/mol. The molecule has 6 heteroatoms. The van der Waals surface area contributed by atoms with E-state index in [1.807, 2.05) is 0 Å². The SMILES string of the molecule is CCCCCNS(=O)(=O)c1cc(CN)oc1C. The second-order valence-corrected chi connectivity index (χ2v) is 5.68. The molecule has 0 bridgehead atoms. The maximum atomic E-state index is 11.9. The van der Waals surface area contributed by atoms with Crippen molar-refractivity contribution in [2.75, 3.05) is 6.54 Å². The van der Waals surface area contributed by atoms with Gasteiger partial charge >= 0.3 is 0 Å². The summed E-state index contributed by atoms with van der Waals surface area (Å²) in [7, 11) is -3.46. The van der Waals surface area contributed by atoms with Gasteiger partial charge in [0.05, 0.1) is 6.54 Å². The smallest absolute Gasteiger partial charge is 0.244 e. The van der Waals surface area contributed by atoms with Crippen molar-refractivity contribution in [1.29, 1.82) is 0 Å². The second-order valence-electron chi connectivity index (χ2n) is 3.94. The summed E-state index contributed by atoms with van der Waals surface area (Å²) in [6, 6.07) is 1.48. The van der Waals surface area contributed by atoms with Crippen molar-refractivity contribution in [2.45, 2.75) is 44.6 Å². The molecule has 0 radical (unpaired) electrons. The van der Waals surface area contributed by atoms with Gasteiger partial charge in [-0.25, -0.2) is 13.1 Å². The van der Waals surface area contributed by atoms with E-state index < -0.39 is 10.0 Å². The lowest BCUT2D eigenvalue weighted by atomic mass is 10.3. The number of furan rings is 1. The lowest BCUT2D eigenvalue weighted by molar-refractivity contribution is 0.478. The fraction of sp³-hybridized carbons (Fsp3) is 0.636. The van der Waals surface area contributed by atoms with E-state index in [0.29, 0.717) is 18.1 Å². The molecule has 0 saturated heterocycles. The molecule has 0 aromatic carbocycles. The molecule has 1 aromatic heterocycles. The van der Waals surface area contributed by atoms with E-state index in [0.717, 1.165) is 19.3 Å². The van der Waals surface area contributed by atoms with Crippen molar-refractivity contribution >= 4 is 10.0 Å². The van der Waals surface area contributed by atoms with Gasteiger partial charge in [-0.15, -0.1) is 0 Å². The highest BCUT2D eigenvalue weighted by molar-refractivity contribution is 7.89. The summed E-state index contributed by atoms with van der Waals surface area (Å²) in [5.41, 5.74) is 5.41. The number of nitrogens with one attached hydrogen (secondary N) is 1. The maximum absolute atomic E-state index is 11.9. The van der Waals surface area contributed by atoms with E-state index >= 15 is 0 Å². The van der Waals surface area contributed by atoms with Crippen LogP contribution in [-0.2, 0) is 16.6 Å². The van der Waals surface area contributed by atoms with Crippen LogP contribution in [0.2, 0.25) is 0 Å². The normalized spacial score (nSPS) is 11.9. The molecule has 17 heavy (non-hydrogen) atoms. The van der Waals surface area contributed by atoms with E-state index in [-0.39, 0.29) is 11.4 Å². The summed E-state index contributed by atoms with van der Waals surface area (Å²) in [6.45, 7) is 4.35. The van der Waals surface area contributed by atoms with Gasteiger partial charge < -0.3 is 10.2 Å². The van der Waals surface area contributed by atoms with Crippen LogP contribution in [0.1, 0.15) is 37.7 Å². The van der Waals surface area contributed by atoms with Crippen LogP contribution in [0.15, 0.2) is 15.4 Å². The average Bonchev–Trinajstić information content (AvgIpc) is 2.67. The minimum atomic E-state index is -3.46. The Hall–Kier alpha value is -0.850. The average molecular weight is 260 g/mol. The number of hydrogen-bond acceptors (Lipinski definition) is 4. The molecule has 5 nitrogen and oxygen atoms in total. The van der Waals surface area contributed by atoms with Crippen LogP contribution in [0.5, 0.6) is 0 Å². The highest BCUT2D eigenvalue weighted by Crippen LogP contribution is 2.19. The zero-order valence-corrected chi connectivity index (χ0v) is 11.1. The van der Waals surface area contributed by atoms with Crippen LogP contribution >= 0.6 is 0 Å². The van der Waals surface area contributed by atoms with Crippen molar-refractivity contribution < 1.29 is 12.8 Å². The van der Waals surface area contributed by atoms with E-state index in [4.69, 9.17) is 10.2 Å². The molecule has 1 aromatic rings. The second kappa shape index (κ2) is 6.18. The molecule has 1 rings (SSSR count). The van der Waals surface area contributed by atoms with Crippen molar-refractivity contribution in [3.63, 3.8) is 0 Å². The predicted molar refractivity (Wildman–Crippen MR) is 66.0 cm³/mol. The molecular formula is C11H20N2O3S. The molecule has 0 aliphatic carbocycles. The molecule has 1 heterocycles. The van der Waals surface area contributed by atoms with E-state index in [9.17, 15) is 8.42 Å². The fourth-order valence-corrected chi connectivity index (χ4v) is 2.83. The first-order valence-electron chi connectivity index (χ1n) is 5.80. The number of aryl methyl sites for hydroxylation is 1. The van der Waals surface area contributed by atoms with Gasteiger partial charge in [0.2, 0.25) is 10.0 Å². The molecule has 98 valence electrons. The third-order valence-electron chi connectivity index (χ3n) is 2.49. The molecule has 0 unspecified atom stereocenters. The zero-order chi connectivity index (χ0) is 12.9. The summed E-state index contributed by atoms with van der Waals surface area (Å²) in [5.74, 6) is 0.866. The molecule has 0 saturated carbocycles. The van der Waals surface area contributed by atoms with Gasteiger partial charge in [-0.05, 0) is 13.3 Å². The number of rotatable bonds is 7. The third kappa shape index (κ3) is 3.83. The highest BCUT2D eigenvalue weighted by atomic mass is 32.2. The van der Waals surface area contributed by atoms with Crippen LogP contribution < -0.4 is 10.5 Å². The van der Waals surface area contributed by atoms with E-state index in [2.05, 4.69) is 11.6 Å². The fourth-order valence-electron chi connectivity index (χ4n) is 1.55. The van der Waals surface area contributed by atoms with Crippen molar-refractivity contribution in [1.82, 2.24) is 4.72 Å². The molecule has 0 spiro atoms. The largest absolute Gasteiger partial charge is 0.464 e. The topological polar surface area (TPSA) is 85.3 Å². The quantitative estimate of drug-likeness (QED) is 0.728. The first-order valence-corrected chi connectivity index (χ1v) is 7.28. The van der Waals surface area contributed by atoms with Crippen LogP contribution in [-0.4, -0.2) is 15.0 Å². The molecule has 0 amide bonds. The highest BCUT2D eigenvalue weighted by Gasteiger charge is 2.20. The van der Waals surface area contributed by atoms with Gasteiger partial charge in [-0.3, -0.25) is 0 Å². The summed E-state index contributed by atoms with van der Waals surface area (Å²) in [6.07, 6.45) is 2.92. The molecule has 3 N–H and O–H groups in total. The van der Waals surface area contributed by atoms with E-state index in [1.165, 1.54) is 6.07 Å². The first kappa shape index (κ1) is 14.2. The minimum absolute atomic E-state index is 0.189. The van der Waals surface area contributed by atoms with Gasteiger partial charge in [0.1, 0.15) is 16.4 Å². The summed E-state index contributed by atoms with van der Waals surface area (Å²) in [5, 5.41) is 0.